The normalized spacial score (nSPS) is 10.9. The highest BCUT2D eigenvalue weighted by Gasteiger charge is 2.18. The van der Waals surface area contributed by atoms with Gasteiger partial charge in [0.05, 0.1) is 0 Å². The van der Waals surface area contributed by atoms with E-state index in [-0.39, 0.29) is 5.82 Å². The predicted octanol–water partition coefficient (Wildman–Crippen LogP) is 4.36. The second-order valence-electron chi connectivity index (χ2n) is 6.93. The van der Waals surface area contributed by atoms with Crippen LogP contribution in [-0.4, -0.2) is 33.1 Å². The van der Waals surface area contributed by atoms with Crippen molar-refractivity contribution in [1.82, 2.24) is 19.5 Å². The molecule has 2 heterocycles. The first-order valence-corrected chi connectivity index (χ1v) is 9.48. The van der Waals surface area contributed by atoms with Crippen LogP contribution in [0.1, 0.15) is 5.56 Å². The van der Waals surface area contributed by atoms with E-state index in [4.69, 9.17) is 4.98 Å². The summed E-state index contributed by atoms with van der Waals surface area (Å²) < 4.78 is 16.3. The maximum Gasteiger partial charge on any atom is 0.225 e. The Morgan fingerprint density at radius 1 is 0.966 bits per heavy atom. The topological polar surface area (TPSA) is 46.8 Å². The lowest BCUT2D eigenvalue weighted by atomic mass is 10.0. The van der Waals surface area contributed by atoms with Crippen molar-refractivity contribution in [1.29, 1.82) is 0 Å². The highest BCUT2D eigenvalue weighted by Crippen LogP contribution is 2.31. The predicted molar refractivity (Wildman–Crippen MR) is 113 cm³/mol. The number of aryl methyl sites for hydroxylation is 1. The van der Waals surface area contributed by atoms with Gasteiger partial charge in [-0.15, -0.1) is 0 Å². The van der Waals surface area contributed by atoms with Crippen molar-refractivity contribution < 1.29 is 4.39 Å². The van der Waals surface area contributed by atoms with Gasteiger partial charge < -0.3 is 9.47 Å². The molecule has 0 fully saturated rings. The summed E-state index contributed by atoms with van der Waals surface area (Å²) in [6.07, 6.45) is 6.13. The number of benzene rings is 2. The second kappa shape index (κ2) is 8.22. The van der Waals surface area contributed by atoms with Crippen LogP contribution in [0.5, 0.6) is 0 Å². The van der Waals surface area contributed by atoms with E-state index in [1.807, 2.05) is 48.0 Å². The number of rotatable bonds is 6. The van der Waals surface area contributed by atoms with Crippen molar-refractivity contribution in [3.8, 4) is 22.6 Å². The average molecular weight is 387 g/mol. The fourth-order valence-corrected chi connectivity index (χ4v) is 3.24. The molecule has 0 unspecified atom stereocenters. The SMILES string of the molecule is CN(CCc1ccccc1)c1ncc(-c2ccccc2F)c(-c2nccn2C)n1. The van der Waals surface area contributed by atoms with Crippen molar-refractivity contribution in [2.45, 2.75) is 6.42 Å². The summed E-state index contributed by atoms with van der Waals surface area (Å²) in [5.74, 6) is 0.944. The summed E-state index contributed by atoms with van der Waals surface area (Å²) in [6, 6.07) is 17.0. The lowest BCUT2D eigenvalue weighted by Gasteiger charge is -2.19. The van der Waals surface area contributed by atoms with Crippen LogP contribution in [0.3, 0.4) is 0 Å². The summed E-state index contributed by atoms with van der Waals surface area (Å²) >= 11 is 0. The number of imidazole rings is 1. The Labute approximate surface area is 169 Å². The molecule has 4 rings (SSSR count). The number of nitrogens with zero attached hydrogens (tertiary/aromatic N) is 5. The monoisotopic (exact) mass is 387 g/mol. The Balaban J connectivity index is 1.70. The first-order chi connectivity index (χ1) is 14.1. The zero-order valence-corrected chi connectivity index (χ0v) is 16.5. The maximum absolute atomic E-state index is 14.5. The van der Waals surface area contributed by atoms with Crippen LogP contribution in [0.2, 0.25) is 0 Å². The molecule has 29 heavy (non-hydrogen) atoms. The number of likely N-dealkylation sites (N-methyl/N-ethyl adjacent to an activating group) is 1. The highest BCUT2D eigenvalue weighted by molar-refractivity contribution is 5.78. The van der Waals surface area contributed by atoms with E-state index in [2.05, 4.69) is 22.1 Å². The highest BCUT2D eigenvalue weighted by atomic mass is 19.1. The van der Waals surface area contributed by atoms with Crippen molar-refractivity contribution >= 4 is 5.95 Å². The van der Waals surface area contributed by atoms with E-state index in [1.54, 1.807) is 30.6 Å². The van der Waals surface area contributed by atoms with Crippen molar-refractivity contribution in [2.75, 3.05) is 18.5 Å². The quantitative estimate of drug-likeness (QED) is 0.493. The molecule has 0 atom stereocenters. The molecule has 0 spiro atoms. The van der Waals surface area contributed by atoms with Gasteiger partial charge in [-0.25, -0.2) is 19.3 Å². The zero-order chi connectivity index (χ0) is 20.2. The van der Waals surface area contributed by atoms with Gasteiger partial charge >= 0.3 is 0 Å². The van der Waals surface area contributed by atoms with E-state index < -0.39 is 0 Å². The third kappa shape index (κ3) is 4.01. The maximum atomic E-state index is 14.5. The molecule has 0 N–H and O–H groups in total. The van der Waals surface area contributed by atoms with E-state index in [0.29, 0.717) is 28.6 Å². The Kier molecular flexibility index (Phi) is 5.33. The summed E-state index contributed by atoms with van der Waals surface area (Å²) in [7, 11) is 3.86. The molecule has 2 aromatic carbocycles. The van der Waals surface area contributed by atoms with Gasteiger partial charge in [0, 0.05) is 50.4 Å². The third-order valence-electron chi connectivity index (χ3n) is 4.89. The van der Waals surface area contributed by atoms with E-state index in [9.17, 15) is 4.39 Å². The van der Waals surface area contributed by atoms with Crippen molar-refractivity contribution in [3.05, 3.63) is 84.6 Å². The molecule has 0 saturated carbocycles. The Hall–Kier alpha value is -3.54. The van der Waals surface area contributed by atoms with Gasteiger partial charge in [-0.05, 0) is 18.1 Å². The fraction of sp³-hybridized carbons (Fsp3) is 0.174. The molecule has 0 bridgehead atoms. The summed E-state index contributed by atoms with van der Waals surface area (Å²) in [5.41, 5.74) is 2.95. The first-order valence-electron chi connectivity index (χ1n) is 9.48. The van der Waals surface area contributed by atoms with Gasteiger partial charge in [0.2, 0.25) is 5.95 Å². The molecule has 4 aromatic rings. The van der Waals surface area contributed by atoms with E-state index >= 15 is 0 Å². The van der Waals surface area contributed by atoms with Crippen LogP contribution in [0.25, 0.3) is 22.6 Å². The first kappa shape index (κ1) is 18.8. The Morgan fingerprint density at radius 2 is 1.72 bits per heavy atom. The smallest absolute Gasteiger partial charge is 0.225 e. The van der Waals surface area contributed by atoms with Gasteiger partial charge in [0.1, 0.15) is 11.5 Å². The Morgan fingerprint density at radius 3 is 2.45 bits per heavy atom. The lowest BCUT2D eigenvalue weighted by Crippen LogP contribution is -2.23. The third-order valence-corrected chi connectivity index (χ3v) is 4.89. The largest absolute Gasteiger partial charge is 0.344 e. The summed E-state index contributed by atoms with van der Waals surface area (Å²) in [4.78, 5) is 15.7. The van der Waals surface area contributed by atoms with Gasteiger partial charge in [-0.3, -0.25) is 0 Å². The fourth-order valence-electron chi connectivity index (χ4n) is 3.24. The molecule has 6 heteroatoms. The summed E-state index contributed by atoms with van der Waals surface area (Å²) in [5, 5.41) is 0. The number of aromatic nitrogens is 4. The van der Waals surface area contributed by atoms with E-state index in [1.165, 1.54) is 11.6 Å². The molecular weight excluding hydrogens is 365 g/mol. The minimum Gasteiger partial charge on any atom is -0.344 e. The molecule has 0 saturated heterocycles. The van der Waals surface area contributed by atoms with Crippen LogP contribution < -0.4 is 4.90 Å². The molecule has 0 amide bonds. The summed E-state index contributed by atoms with van der Waals surface area (Å²) in [6.45, 7) is 0.767. The van der Waals surface area contributed by atoms with Crippen LogP contribution in [0.15, 0.2) is 73.2 Å². The minimum absolute atomic E-state index is 0.309. The molecule has 146 valence electrons. The molecule has 0 aliphatic carbocycles. The van der Waals surface area contributed by atoms with Gasteiger partial charge in [-0.1, -0.05) is 48.5 Å². The van der Waals surface area contributed by atoms with Gasteiger partial charge in [0.15, 0.2) is 5.82 Å². The average Bonchev–Trinajstić information content (AvgIpc) is 3.18. The molecule has 2 aromatic heterocycles. The van der Waals surface area contributed by atoms with Crippen LogP contribution >= 0.6 is 0 Å². The molecule has 0 aliphatic rings. The van der Waals surface area contributed by atoms with Crippen LogP contribution in [-0.2, 0) is 13.5 Å². The van der Waals surface area contributed by atoms with Crippen LogP contribution in [0.4, 0.5) is 10.3 Å². The standard InChI is InChI=1S/C23H22FN5/c1-28-15-13-25-22(28)21-19(18-10-6-7-11-20(18)24)16-26-23(27-21)29(2)14-12-17-8-4-3-5-9-17/h3-11,13,15-16H,12,14H2,1-2H3. The number of halogens is 1. The zero-order valence-electron chi connectivity index (χ0n) is 16.5. The molecule has 0 radical (unpaired) electrons. The van der Waals surface area contributed by atoms with Crippen molar-refractivity contribution in [3.63, 3.8) is 0 Å². The van der Waals surface area contributed by atoms with E-state index in [0.717, 1.165) is 13.0 Å². The Bertz CT molecular complexity index is 1110. The number of hydrogen-bond acceptors (Lipinski definition) is 4. The number of anilines is 1. The lowest BCUT2D eigenvalue weighted by molar-refractivity contribution is 0.631. The number of hydrogen-bond donors (Lipinski definition) is 0. The molecular formula is C23H22FN5. The van der Waals surface area contributed by atoms with Crippen molar-refractivity contribution in [2.24, 2.45) is 7.05 Å². The molecule has 5 nitrogen and oxygen atoms in total. The van der Waals surface area contributed by atoms with Gasteiger partial charge in [0.25, 0.3) is 0 Å². The minimum atomic E-state index is -0.309. The van der Waals surface area contributed by atoms with Gasteiger partial charge in [-0.2, -0.15) is 0 Å². The molecule has 0 aliphatic heterocycles. The second-order valence-corrected chi connectivity index (χ2v) is 6.93. The van der Waals surface area contributed by atoms with Crippen LogP contribution in [0, 0.1) is 5.82 Å².